The molecule has 2 heterocycles. The van der Waals surface area contributed by atoms with Crippen molar-refractivity contribution in [2.45, 2.75) is 30.3 Å². The van der Waals surface area contributed by atoms with Gasteiger partial charge in [0.1, 0.15) is 22.9 Å². The Kier molecular flexibility index (Phi) is 5.93. The Morgan fingerprint density at radius 2 is 1.73 bits per heavy atom. The highest BCUT2D eigenvalue weighted by molar-refractivity contribution is 5.39. The van der Waals surface area contributed by atoms with Gasteiger partial charge in [0.25, 0.3) is 0 Å². The monoisotopic (exact) mass is 449 g/mol. The zero-order valence-electron chi connectivity index (χ0n) is 18.6. The fraction of sp³-hybridized carbons (Fsp3) is 0.333. The molecule has 2 aliphatic rings. The number of aliphatic hydroxyl groups is 1. The second-order valence-corrected chi connectivity index (χ2v) is 8.84. The summed E-state index contributed by atoms with van der Waals surface area (Å²) in [6.45, 7) is 1.51. The van der Waals surface area contributed by atoms with Crippen LogP contribution in [0, 0.1) is 5.82 Å². The van der Waals surface area contributed by atoms with Gasteiger partial charge in [-0.1, -0.05) is 60.7 Å². The van der Waals surface area contributed by atoms with Crippen LogP contribution in [-0.4, -0.2) is 42.7 Å². The fourth-order valence-corrected chi connectivity index (χ4v) is 5.10. The number of methoxy groups -OCH3 is 1. The quantitative estimate of drug-likeness (QED) is 0.625. The van der Waals surface area contributed by atoms with E-state index in [4.69, 9.17) is 14.2 Å². The molecule has 0 radical (unpaired) electrons. The minimum Gasteiger partial charge on any atom is -0.496 e. The predicted octanol–water partition coefficient (Wildman–Crippen LogP) is 4.41. The molecule has 0 saturated carbocycles. The van der Waals surface area contributed by atoms with E-state index >= 15 is 0 Å². The van der Waals surface area contributed by atoms with Crippen molar-refractivity contribution in [1.29, 1.82) is 0 Å². The largest absolute Gasteiger partial charge is 0.496 e. The Balaban J connectivity index is 1.53. The van der Waals surface area contributed by atoms with Crippen LogP contribution in [0.15, 0.2) is 78.9 Å². The maximum atomic E-state index is 13.6. The molecule has 0 aliphatic carbocycles. The lowest BCUT2D eigenvalue weighted by atomic mass is 9.83. The van der Waals surface area contributed by atoms with Gasteiger partial charge in [-0.15, -0.1) is 0 Å². The summed E-state index contributed by atoms with van der Waals surface area (Å²) < 4.78 is 31.6. The van der Waals surface area contributed by atoms with E-state index in [-0.39, 0.29) is 18.5 Å². The van der Waals surface area contributed by atoms with Gasteiger partial charge in [0.2, 0.25) is 0 Å². The van der Waals surface area contributed by atoms with E-state index in [1.54, 1.807) is 19.2 Å². The lowest BCUT2D eigenvalue weighted by Crippen LogP contribution is -2.58. The fourth-order valence-electron chi connectivity index (χ4n) is 5.10. The number of halogens is 1. The number of hydrogen-bond donors (Lipinski definition) is 1. The standard InChI is InChI=1S/C27H28FNO4/c1-31-25-10-6-5-9-23(25)26(30)17-27(19-32-18-26)29(15-20-7-3-2-4-8-20)24(16-33-27)21-11-13-22(28)14-12-21/h2-14,24,30H,15-19H2,1H3/t24-,26+,27?/m1/s1. The minimum absolute atomic E-state index is 0.102. The van der Waals surface area contributed by atoms with E-state index in [9.17, 15) is 9.50 Å². The molecule has 0 bridgehead atoms. The van der Waals surface area contributed by atoms with E-state index < -0.39 is 11.3 Å². The number of hydrogen-bond acceptors (Lipinski definition) is 5. The summed E-state index contributed by atoms with van der Waals surface area (Å²) in [5.41, 5.74) is 0.650. The van der Waals surface area contributed by atoms with Crippen molar-refractivity contribution in [3.05, 3.63) is 101 Å². The van der Waals surface area contributed by atoms with Gasteiger partial charge in [-0.05, 0) is 29.3 Å². The van der Waals surface area contributed by atoms with E-state index in [1.165, 1.54) is 12.1 Å². The summed E-state index contributed by atoms with van der Waals surface area (Å²) in [7, 11) is 1.60. The third-order valence-corrected chi connectivity index (χ3v) is 6.71. The second kappa shape index (κ2) is 8.88. The molecule has 1 unspecified atom stereocenters. The van der Waals surface area contributed by atoms with Crippen LogP contribution in [0.2, 0.25) is 0 Å². The molecule has 172 valence electrons. The highest BCUT2D eigenvalue weighted by Crippen LogP contribution is 2.48. The number of rotatable bonds is 5. The Labute approximate surface area is 193 Å². The van der Waals surface area contributed by atoms with Crippen LogP contribution >= 0.6 is 0 Å². The molecule has 6 heteroatoms. The van der Waals surface area contributed by atoms with Crippen LogP contribution in [0.1, 0.15) is 29.2 Å². The average Bonchev–Trinajstić information content (AvgIpc) is 3.16. The Morgan fingerprint density at radius 1 is 1.00 bits per heavy atom. The maximum Gasteiger partial charge on any atom is 0.149 e. The smallest absolute Gasteiger partial charge is 0.149 e. The molecule has 33 heavy (non-hydrogen) atoms. The minimum atomic E-state index is -1.28. The Hall–Kier alpha value is -2.77. The molecule has 0 aromatic heterocycles. The van der Waals surface area contributed by atoms with Gasteiger partial charge in [0, 0.05) is 18.5 Å². The van der Waals surface area contributed by atoms with Crippen LogP contribution in [0.3, 0.4) is 0 Å². The predicted molar refractivity (Wildman–Crippen MR) is 122 cm³/mol. The zero-order valence-corrected chi connectivity index (χ0v) is 18.6. The van der Waals surface area contributed by atoms with Crippen LogP contribution in [-0.2, 0) is 21.6 Å². The summed E-state index contributed by atoms with van der Waals surface area (Å²) in [5, 5.41) is 11.8. The van der Waals surface area contributed by atoms with Crippen molar-refractivity contribution in [3.8, 4) is 5.75 Å². The number of para-hydroxylation sites is 1. The highest BCUT2D eigenvalue weighted by atomic mass is 19.1. The van der Waals surface area contributed by atoms with Crippen molar-refractivity contribution in [2.24, 2.45) is 0 Å². The molecular formula is C27H28FNO4. The molecule has 2 aliphatic heterocycles. The third kappa shape index (κ3) is 4.15. The number of nitrogens with zero attached hydrogens (tertiary/aromatic N) is 1. The Morgan fingerprint density at radius 3 is 2.48 bits per heavy atom. The van der Waals surface area contributed by atoms with Gasteiger partial charge in [-0.2, -0.15) is 0 Å². The first kappa shape index (κ1) is 22.0. The highest BCUT2D eigenvalue weighted by Gasteiger charge is 2.56. The SMILES string of the molecule is COc1ccccc1[C@@]1(O)COCC2(C1)OC[C@H](c1ccc(F)cc1)N2Cc1ccccc1. The lowest BCUT2D eigenvalue weighted by molar-refractivity contribution is -0.231. The van der Waals surface area contributed by atoms with Crippen molar-refractivity contribution in [1.82, 2.24) is 4.90 Å². The zero-order chi connectivity index (χ0) is 22.9. The first-order valence-corrected chi connectivity index (χ1v) is 11.2. The van der Waals surface area contributed by atoms with E-state index in [0.29, 0.717) is 37.5 Å². The average molecular weight is 450 g/mol. The number of ether oxygens (including phenoxy) is 3. The lowest BCUT2D eigenvalue weighted by Gasteiger charge is -2.47. The summed E-state index contributed by atoms with van der Waals surface area (Å²) in [4.78, 5) is 2.25. The maximum absolute atomic E-state index is 13.6. The van der Waals surface area contributed by atoms with E-state index in [2.05, 4.69) is 17.0 Å². The summed E-state index contributed by atoms with van der Waals surface area (Å²) in [5.74, 6) is 0.344. The van der Waals surface area contributed by atoms with Gasteiger partial charge in [0.15, 0.2) is 0 Å². The molecule has 2 saturated heterocycles. The van der Waals surface area contributed by atoms with E-state index in [1.807, 2.05) is 42.5 Å². The first-order valence-electron chi connectivity index (χ1n) is 11.2. The van der Waals surface area contributed by atoms with Crippen molar-refractivity contribution >= 4 is 0 Å². The molecule has 3 aromatic carbocycles. The van der Waals surface area contributed by atoms with Gasteiger partial charge < -0.3 is 19.3 Å². The summed E-state index contributed by atoms with van der Waals surface area (Å²) >= 11 is 0. The molecular weight excluding hydrogens is 421 g/mol. The molecule has 1 spiro atoms. The van der Waals surface area contributed by atoms with Gasteiger partial charge in [-0.3, -0.25) is 4.90 Å². The van der Waals surface area contributed by atoms with Crippen LogP contribution in [0.4, 0.5) is 4.39 Å². The van der Waals surface area contributed by atoms with Crippen LogP contribution in [0.5, 0.6) is 5.75 Å². The molecule has 5 rings (SSSR count). The van der Waals surface area contributed by atoms with Crippen LogP contribution in [0.25, 0.3) is 0 Å². The van der Waals surface area contributed by atoms with Gasteiger partial charge in [0.05, 0.1) is 33.0 Å². The van der Waals surface area contributed by atoms with Crippen molar-refractivity contribution < 1.29 is 23.7 Å². The van der Waals surface area contributed by atoms with Crippen molar-refractivity contribution in [3.63, 3.8) is 0 Å². The number of benzene rings is 3. The first-order chi connectivity index (χ1) is 16.0. The molecule has 5 nitrogen and oxygen atoms in total. The summed E-state index contributed by atoms with van der Waals surface area (Å²) in [6, 6.07) is 24.1. The van der Waals surface area contributed by atoms with Gasteiger partial charge in [-0.25, -0.2) is 4.39 Å². The normalized spacial score (nSPS) is 27.7. The molecule has 1 N–H and O–H groups in total. The van der Waals surface area contributed by atoms with E-state index in [0.717, 1.165) is 11.1 Å². The van der Waals surface area contributed by atoms with Gasteiger partial charge >= 0.3 is 0 Å². The molecule has 2 fully saturated rings. The Bertz CT molecular complexity index is 1090. The van der Waals surface area contributed by atoms with Crippen molar-refractivity contribution in [2.75, 3.05) is 26.9 Å². The second-order valence-electron chi connectivity index (χ2n) is 8.84. The summed E-state index contributed by atoms with van der Waals surface area (Å²) in [6.07, 6.45) is 0.324. The van der Waals surface area contributed by atoms with Crippen LogP contribution < -0.4 is 4.74 Å². The third-order valence-electron chi connectivity index (χ3n) is 6.71. The topological polar surface area (TPSA) is 51.2 Å². The molecule has 0 amide bonds. The molecule has 3 atom stereocenters. The molecule has 3 aromatic rings.